The Labute approximate surface area is 118 Å². The topological polar surface area (TPSA) is 108 Å². The first kappa shape index (κ1) is 16.3. The van der Waals surface area contributed by atoms with E-state index in [1.54, 1.807) is 0 Å². The Hall–Kier alpha value is -1.79. The molecule has 0 heterocycles. The Balaban J connectivity index is 2.26. The number of carboxylic acids is 1. The Morgan fingerprint density at radius 1 is 1.30 bits per heavy atom. The van der Waals surface area contributed by atoms with Gasteiger partial charge in [-0.05, 0) is 26.2 Å². The van der Waals surface area contributed by atoms with Crippen molar-refractivity contribution in [1.29, 1.82) is 0 Å². The fourth-order valence-corrected chi connectivity index (χ4v) is 1.83. The van der Waals surface area contributed by atoms with Crippen LogP contribution in [0.2, 0.25) is 0 Å². The highest BCUT2D eigenvalue weighted by Crippen LogP contribution is 2.18. The van der Waals surface area contributed by atoms with Crippen molar-refractivity contribution in [3.63, 3.8) is 0 Å². The Bertz CT molecular complexity index is 382. The number of aliphatic carboxylic acids is 1. The number of rotatable bonds is 8. The number of hydrogen-bond acceptors (Lipinski definition) is 3. The van der Waals surface area contributed by atoms with Crippen LogP contribution in [0.5, 0.6) is 0 Å². The van der Waals surface area contributed by atoms with E-state index in [-0.39, 0.29) is 18.9 Å². The molecule has 7 nitrogen and oxygen atoms in total. The van der Waals surface area contributed by atoms with E-state index in [4.69, 9.17) is 5.11 Å². The van der Waals surface area contributed by atoms with Crippen LogP contribution in [0.15, 0.2) is 0 Å². The van der Waals surface area contributed by atoms with Crippen LogP contribution in [0.25, 0.3) is 0 Å². The second-order valence-electron chi connectivity index (χ2n) is 5.36. The maximum atomic E-state index is 11.6. The van der Waals surface area contributed by atoms with E-state index < -0.39 is 17.5 Å². The molecule has 1 saturated carbocycles. The molecule has 7 heteroatoms. The SMILES string of the molecule is CCCC(C)(NC(=O)NCCC(=O)NC1CC1)C(=O)O. The summed E-state index contributed by atoms with van der Waals surface area (Å²) < 4.78 is 0. The minimum absolute atomic E-state index is 0.0950. The zero-order valence-electron chi connectivity index (χ0n) is 12.0. The second-order valence-corrected chi connectivity index (χ2v) is 5.36. The summed E-state index contributed by atoms with van der Waals surface area (Å²) in [7, 11) is 0. The van der Waals surface area contributed by atoms with E-state index in [0.29, 0.717) is 18.9 Å². The summed E-state index contributed by atoms with van der Waals surface area (Å²) in [6, 6.07) is -0.265. The second kappa shape index (κ2) is 7.12. The third-order valence-corrected chi connectivity index (χ3v) is 3.19. The highest BCUT2D eigenvalue weighted by Gasteiger charge is 2.33. The monoisotopic (exact) mass is 285 g/mol. The van der Waals surface area contributed by atoms with Gasteiger partial charge in [-0.2, -0.15) is 0 Å². The molecule has 0 saturated heterocycles. The van der Waals surface area contributed by atoms with Gasteiger partial charge in [0, 0.05) is 19.0 Å². The van der Waals surface area contributed by atoms with Crippen molar-refractivity contribution >= 4 is 17.9 Å². The molecule has 1 fully saturated rings. The largest absolute Gasteiger partial charge is 0.480 e. The predicted molar refractivity (Wildman–Crippen MR) is 73.3 cm³/mol. The number of nitrogens with one attached hydrogen (secondary N) is 3. The zero-order chi connectivity index (χ0) is 15.2. The van der Waals surface area contributed by atoms with Crippen LogP contribution in [0, 0.1) is 0 Å². The van der Waals surface area contributed by atoms with Gasteiger partial charge in [-0.1, -0.05) is 13.3 Å². The van der Waals surface area contributed by atoms with Gasteiger partial charge in [0.1, 0.15) is 5.54 Å². The van der Waals surface area contributed by atoms with E-state index in [1.807, 2.05) is 6.92 Å². The number of hydrogen-bond donors (Lipinski definition) is 4. The van der Waals surface area contributed by atoms with Crippen molar-refractivity contribution in [2.45, 2.75) is 57.5 Å². The van der Waals surface area contributed by atoms with Gasteiger partial charge in [0.15, 0.2) is 0 Å². The average molecular weight is 285 g/mol. The van der Waals surface area contributed by atoms with Crippen LogP contribution in [0.4, 0.5) is 4.79 Å². The number of carbonyl (C=O) groups is 3. The number of urea groups is 1. The molecule has 1 aliphatic rings. The summed E-state index contributed by atoms with van der Waals surface area (Å²) in [4.78, 5) is 34.2. The van der Waals surface area contributed by atoms with Gasteiger partial charge in [-0.15, -0.1) is 0 Å². The van der Waals surface area contributed by atoms with Crippen LogP contribution < -0.4 is 16.0 Å². The van der Waals surface area contributed by atoms with Gasteiger partial charge in [-0.3, -0.25) is 4.79 Å². The first-order chi connectivity index (χ1) is 9.37. The van der Waals surface area contributed by atoms with Crippen LogP contribution >= 0.6 is 0 Å². The predicted octanol–water partition coefficient (Wildman–Crippen LogP) is 0.598. The molecule has 4 N–H and O–H groups in total. The molecule has 1 atom stereocenters. The molecular weight excluding hydrogens is 262 g/mol. The van der Waals surface area contributed by atoms with Crippen molar-refractivity contribution < 1.29 is 19.5 Å². The van der Waals surface area contributed by atoms with Gasteiger partial charge < -0.3 is 21.1 Å². The summed E-state index contributed by atoms with van der Waals surface area (Å²) >= 11 is 0. The van der Waals surface area contributed by atoms with Gasteiger partial charge >= 0.3 is 12.0 Å². The summed E-state index contributed by atoms with van der Waals surface area (Å²) in [5.74, 6) is -1.16. The Morgan fingerprint density at radius 3 is 2.45 bits per heavy atom. The van der Waals surface area contributed by atoms with Crippen molar-refractivity contribution in [2.24, 2.45) is 0 Å². The molecule has 0 radical (unpaired) electrons. The fourth-order valence-electron chi connectivity index (χ4n) is 1.83. The Kier molecular flexibility index (Phi) is 5.79. The van der Waals surface area contributed by atoms with Crippen molar-refractivity contribution in [3.8, 4) is 0 Å². The van der Waals surface area contributed by atoms with Crippen molar-refractivity contribution in [3.05, 3.63) is 0 Å². The van der Waals surface area contributed by atoms with Gasteiger partial charge in [0.25, 0.3) is 0 Å². The molecule has 1 aliphatic carbocycles. The normalized spacial score (nSPS) is 16.9. The summed E-state index contributed by atoms with van der Waals surface area (Å²) in [6.45, 7) is 3.51. The van der Waals surface area contributed by atoms with E-state index in [9.17, 15) is 14.4 Å². The molecule has 3 amide bonds. The first-order valence-corrected chi connectivity index (χ1v) is 6.96. The van der Waals surface area contributed by atoms with Crippen LogP contribution in [-0.4, -0.2) is 41.1 Å². The van der Waals surface area contributed by atoms with Crippen molar-refractivity contribution in [2.75, 3.05) is 6.54 Å². The molecule has 1 rings (SSSR count). The summed E-state index contributed by atoms with van der Waals surface area (Å²) in [5.41, 5.74) is -1.28. The van der Waals surface area contributed by atoms with E-state index >= 15 is 0 Å². The zero-order valence-corrected chi connectivity index (χ0v) is 12.0. The molecule has 0 bridgehead atoms. The maximum Gasteiger partial charge on any atom is 0.329 e. The lowest BCUT2D eigenvalue weighted by Gasteiger charge is -2.25. The molecule has 1 unspecified atom stereocenters. The number of carboxylic acid groups (broad SMARTS) is 1. The molecule has 0 aliphatic heterocycles. The van der Waals surface area contributed by atoms with E-state index in [2.05, 4.69) is 16.0 Å². The average Bonchev–Trinajstić information content (AvgIpc) is 3.12. The first-order valence-electron chi connectivity index (χ1n) is 6.96. The van der Waals surface area contributed by atoms with Crippen LogP contribution in [0.1, 0.15) is 46.0 Å². The molecular formula is C13H23N3O4. The molecule has 0 spiro atoms. The summed E-state index contributed by atoms with van der Waals surface area (Å²) in [5, 5.41) is 16.9. The quantitative estimate of drug-likeness (QED) is 0.523. The Morgan fingerprint density at radius 2 is 1.95 bits per heavy atom. The molecule has 114 valence electrons. The molecule has 0 aromatic heterocycles. The van der Waals surface area contributed by atoms with Gasteiger partial charge in [0.05, 0.1) is 0 Å². The van der Waals surface area contributed by atoms with Crippen LogP contribution in [-0.2, 0) is 9.59 Å². The lowest BCUT2D eigenvalue weighted by Crippen LogP contribution is -2.55. The summed E-state index contributed by atoms with van der Waals surface area (Å²) in [6.07, 6.45) is 3.23. The van der Waals surface area contributed by atoms with Crippen molar-refractivity contribution in [1.82, 2.24) is 16.0 Å². The highest BCUT2D eigenvalue weighted by molar-refractivity contribution is 5.86. The molecule has 20 heavy (non-hydrogen) atoms. The third-order valence-electron chi connectivity index (χ3n) is 3.19. The number of amides is 3. The van der Waals surface area contributed by atoms with Gasteiger partial charge in [0.2, 0.25) is 5.91 Å². The third kappa shape index (κ3) is 5.46. The molecule has 0 aromatic carbocycles. The lowest BCUT2D eigenvalue weighted by atomic mass is 9.97. The fraction of sp³-hybridized carbons (Fsp3) is 0.769. The standard InChI is InChI=1S/C13H23N3O4/c1-3-7-13(2,11(18)19)16-12(20)14-8-6-10(17)15-9-4-5-9/h9H,3-8H2,1-2H3,(H,15,17)(H,18,19)(H2,14,16,20). The lowest BCUT2D eigenvalue weighted by molar-refractivity contribution is -0.144. The van der Waals surface area contributed by atoms with E-state index in [0.717, 1.165) is 12.8 Å². The minimum atomic E-state index is -1.28. The molecule has 0 aromatic rings. The van der Waals surface area contributed by atoms with Crippen LogP contribution in [0.3, 0.4) is 0 Å². The van der Waals surface area contributed by atoms with Gasteiger partial charge in [-0.25, -0.2) is 9.59 Å². The van der Waals surface area contributed by atoms with E-state index in [1.165, 1.54) is 6.92 Å². The highest BCUT2D eigenvalue weighted by atomic mass is 16.4. The minimum Gasteiger partial charge on any atom is -0.480 e. The maximum absolute atomic E-state index is 11.6. The number of carbonyl (C=O) groups excluding carboxylic acids is 2. The smallest absolute Gasteiger partial charge is 0.329 e.